The fraction of sp³-hybridized carbons (Fsp3) is 0.529. The van der Waals surface area contributed by atoms with Crippen LogP contribution >= 0.6 is 0 Å². The first kappa shape index (κ1) is 16.3. The van der Waals surface area contributed by atoms with Crippen LogP contribution in [0.4, 0.5) is 4.79 Å². The maximum atomic E-state index is 12.6. The summed E-state index contributed by atoms with van der Waals surface area (Å²) in [6, 6.07) is 9.64. The highest BCUT2D eigenvalue weighted by molar-refractivity contribution is 5.93. The van der Waals surface area contributed by atoms with Gasteiger partial charge in [-0.3, -0.25) is 4.90 Å². The molecule has 0 aromatic heterocycles. The molecule has 0 aliphatic carbocycles. The number of likely N-dealkylation sites (tertiary alicyclic amines) is 1. The molecule has 0 radical (unpaired) electrons. The molecule has 0 spiro atoms. The number of carbonyl (C=O) groups is 1. The molecule has 0 N–H and O–H groups in total. The average molecular weight is 304 g/mol. The maximum Gasteiger partial charge on any atom is 0.411 e. The number of hydrogen-bond acceptors (Lipinski definition) is 4. The smallest absolute Gasteiger partial charge is 0.411 e. The Morgan fingerprint density at radius 3 is 2.55 bits per heavy atom. The molecule has 2 rings (SSSR count). The molecule has 1 aliphatic heterocycles. The van der Waals surface area contributed by atoms with Gasteiger partial charge in [-0.25, -0.2) is 4.79 Å². The summed E-state index contributed by atoms with van der Waals surface area (Å²) in [5.41, 5.74) is 1.35. The molecule has 0 unspecified atom stereocenters. The van der Waals surface area contributed by atoms with Gasteiger partial charge < -0.3 is 9.57 Å². The third-order valence-electron chi connectivity index (χ3n) is 3.41. The van der Waals surface area contributed by atoms with Crippen LogP contribution in [0, 0.1) is 0 Å². The number of oxime groups is 1. The van der Waals surface area contributed by atoms with Crippen LogP contribution in [0.3, 0.4) is 0 Å². The molecule has 0 bridgehead atoms. The molecular weight excluding hydrogens is 280 g/mol. The highest BCUT2D eigenvalue weighted by atomic mass is 16.6. The lowest BCUT2D eigenvalue weighted by Crippen LogP contribution is -2.45. The van der Waals surface area contributed by atoms with Gasteiger partial charge in [0.2, 0.25) is 0 Å². The van der Waals surface area contributed by atoms with Gasteiger partial charge in [0.25, 0.3) is 0 Å². The van der Waals surface area contributed by atoms with E-state index in [0.717, 1.165) is 24.1 Å². The second kappa shape index (κ2) is 6.81. The van der Waals surface area contributed by atoms with Crippen LogP contribution in [-0.2, 0) is 9.57 Å². The lowest BCUT2D eigenvalue weighted by Gasteiger charge is -2.37. The molecule has 22 heavy (non-hydrogen) atoms. The number of ether oxygens (including phenoxy) is 1. The first-order valence-electron chi connectivity index (χ1n) is 7.57. The summed E-state index contributed by atoms with van der Waals surface area (Å²) in [6.45, 7) is 6.26. The highest BCUT2D eigenvalue weighted by Crippen LogP contribution is 2.30. The summed E-state index contributed by atoms with van der Waals surface area (Å²) >= 11 is 0. The van der Waals surface area contributed by atoms with E-state index in [9.17, 15) is 4.79 Å². The van der Waals surface area contributed by atoms with E-state index in [1.807, 2.05) is 51.1 Å². The number of hydrogen-bond donors (Lipinski definition) is 0. The molecule has 1 aliphatic rings. The number of carbonyl (C=O) groups excluding carboxylic acids is 1. The lowest BCUT2D eigenvalue weighted by atomic mass is 9.93. The number of nitrogens with zero attached hydrogens (tertiary/aromatic N) is 2. The third-order valence-corrected chi connectivity index (χ3v) is 3.41. The van der Waals surface area contributed by atoms with Crippen molar-refractivity contribution in [3.05, 3.63) is 35.9 Å². The quantitative estimate of drug-likeness (QED) is 0.782. The Labute approximate surface area is 131 Å². The fourth-order valence-corrected chi connectivity index (χ4v) is 2.61. The summed E-state index contributed by atoms with van der Waals surface area (Å²) in [7, 11) is 1.53. The fourth-order valence-electron chi connectivity index (χ4n) is 2.61. The molecule has 0 saturated carbocycles. The zero-order chi connectivity index (χ0) is 16.2. The minimum absolute atomic E-state index is 0.232. The van der Waals surface area contributed by atoms with Crippen molar-refractivity contribution >= 4 is 11.8 Å². The molecule has 1 heterocycles. The molecule has 1 saturated heterocycles. The Bertz CT molecular complexity index is 535. The van der Waals surface area contributed by atoms with Gasteiger partial charge in [-0.1, -0.05) is 35.5 Å². The first-order valence-corrected chi connectivity index (χ1v) is 7.57. The summed E-state index contributed by atoms with van der Waals surface area (Å²) in [4.78, 5) is 19.3. The van der Waals surface area contributed by atoms with Crippen LogP contribution in [0.5, 0.6) is 0 Å². The summed E-state index contributed by atoms with van der Waals surface area (Å²) in [6.07, 6.45) is 1.35. The molecule has 1 aromatic carbocycles. The van der Waals surface area contributed by atoms with Crippen LogP contribution in [0.2, 0.25) is 0 Å². The van der Waals surface area contributed by atoms with Crippen molar-refractivity contribution in [3.63, 3.8) is 0 Å². The third kappa shape index (κ3) is 4.00. The number of rotatable bonds is 2. The van der Waals surface area contributed by atoms with Crippen molar-refractivity contribution < 1.29 is 14.4 Å². The normalized spacial score (nSPS) is 20.8. The minimum Gasteiger partial charge on any atom is -0.444 e. The lowest BCUT2D eigenvalue weighted by molar-refractivity contribution is 0.0187. The van der Waals surface area contributed by atoms with Crippen molar-refractivity contribution in [2.75, 3.05) is 13.7 Å². The van der Waals surface area contributed by atoms with E-state index < -0.39 is 5.60 Å². The van der Waals surface area contributed by atoms with Crippen molar-refractivity contribution in [1.82, 2.24) is 4.90 Å². The molecule has 5 nitrogen and oxygen atoms in total. The van der Waals surface area contributed by atoms with E-state index in [4.69, 9.17) is 9.57 Å². The Balaban J connectivity index is 2.33. The van der Waals surface area contributed by atoms with Crippen molar-refractivity contribution in [3.8, 4) is 0 Å². The minimum atomic E-state index is -0.520. The molecule has 1 atom stereocenters. The predicted molar refractivity (Wildman–Crippen MR) is 85.8 cm³/mol. The van der Waals surface area contributed by atoms with Crippen molar-refractivity contribution in [2.45, 2.75) is 45.3 Å². The number of benzene rings is 1. The van der Waals surface area contributed by atoms with E-state index >= 15 is 0 Å². The van der Waals surface area contributed by atoms with Gasteiger partial charge in [0, 0.05) is 6.54 Å². The zero-order valence-corrected chi connectivity index (χ0v) is 13.7. The SMILES string of the molecule is CO/N=C1/CCCN(C(=O)OC(C)(C)C)[C@H]1c1ccccc1. The van der Waals surface area contributed by atoms with Crippen LogP contribution in [-0.4, -0.2) is 36.0 Å². The van der Waals surface area contributed by atoms with Gasteiger partial charge in [-0.05, 0) is 39.2 Å². The Hall–Kier alpha value is -2.04. The second-order valence-electron chi connectivity index (χ2n) is 6.36. The Kier molecular flexibility index (Phi) is 5.06. The summed E-state index contributed by atoms with van der Waals surface area (Å²) in [5.74, 6) is 0. The second-order valence-corrected chi connectivity index (χ2v) is 6.36. The highest BCUT2D eigenvalue weighted by Gasteiger charge is 2.35. The largest absolute Gasteiger partial charge is 0.444 e. The van der Waals surface area contributed by atoms with Gasteiger partial charge in [0.05, 0.1) is 5.71 Å². The van der Waals surface area contributed by atoms with Gasteiger partial charge >= 0.3 is 6.09 Å². The number of amides is 1. The van der Waals surface area contributed by atoms with E-state index in [-0.39, 0.29) is 12.1 Å². The van der Waals surface area contributed by atoms with Crippen LogP contribution in [0.1, 0.15) is 45.2 Å². The Morgan fingerprint density at radius 1 is 1.27 bits per heavy atom. The number of piperidine rings is 1. The van der Waals surface area contributed by atoms with Gasteiger partial charge in [-0.15, -0.1) is 0 Å². The molecule has 120 valence electrons. The molecule has 1 amide bonds. The molecule has 1 aromatic rings. The Morgan fingerprint density at radius 2 is 1.95 bits per heavy atom. The van der Waals surface area contributed by atoms with Gasteiger partial charge in [0.1, 0.15) is 18.8 Å². The monoisotopic (exact) mass is 304 g/mol. The van der Waals surface area contributed by atoms with Crippen LogP contribution in [0.15, 0.2) is 35.5 Å². The van der Waals surface area contributed by atoms with E-state index in [1.54, 1.807) is 4.90 Å². The average Bonchev–Trinajstić information content (AvgIpc) is 2.46. The first-order chi connectivity index (χ1) is 10.4. The molecule has 5 heteroatoms. The van der Waals surface area contributed by atoms with Gasteiger partial charge in [0.15, 0.2) is 0 Å². The topological polar surface area (TPSA) is 51.1 Å². The van der Waals surface area contributed by atoms with E-state index in [1.165, 1.54) is 7.11 Å². The summed E-state index contributed by atoms with van der Waals surface area (Å²) < 4.78 is 5.55. The molecule has 1 fully saturated rings. The van der Waals surface area contributed by atoms with Crippen molar-refractivity contribution in [1.29, 1.82) is 0 Å². The summed E-state index contributed by atoms with van der Waals surface area (Å²) in [5, 5.41) is 4.14. The van der Waals surface area contributed by atoms with E-state index in [0.29, 0.717) is 6.54 Å². The maximum absolute atomic E-state index is 12.6. The van der Waals surface area contributed by atoms with Crippen LogP contribution < -0.4 is 0 Å². The predicted octanol–water partition coefficient (Wildman–Crippen LogP) is 3.76. The standard InChI is InChI=1S/C17H24N2O3/c1-17(2,3)22-16(20)19-12-8-11-14(18-21-4)15(19)13-9-6-5-7-10-13/h5-7,9-10,15H,8,11-12H2,1-4H3/b18-14-/t15-/m0/s1. The van der Waals surface area contributed by atoms with Gasteiger partial charge in [-0.2, -0.15) is 0 Å². The van der Waals surface area contributed by atoms with Crippen molar-refractivity contribution in [2.24, 2.45) is 5.16 Å². The zero-order valence-electron chi connectivity index (χ0n) is 13.7. The molecular formula is C17H24N2O3. The van der Waals surface area contributed by atoms with Crippen LogP contribution in [0.25, 0.3) is 0 Å². The van der Waals surface area contributed by atoms with E-state index in [2.05, 4.69) is 5.16 Å².